The summed E-state index contributed by atoms with van der Waals surface area (Å²) in [5.41, 5.74) is 2.11. The predicted octanol–water partition coefficient (Wildman–Crippen LogP) is 1.73. The Morgan fingerprint density at radius 2 is 1.58 bits per heavy atom. The Kier molecular flexibility index (Phi) is 4.36. The maximum atomic E-state index is 12.2. The van der Waals surface area contributed by atoms with Crippen LogP contribution in [-0.4, -0.2) is 36.2 Å². The highest BCUT2D eigenvalue weighted by Crippen LogP contribution is 2.29. The lowest BCUT2D eigenvalue weighted by Gasteiger charge is -2.22. The first-order valence-electron chi connectivity index (χ1n) is 7.76. The van der Waals surface area contributed by atoms with Crippen molar-refractivity contribution < 1.29 is 19.4 Å². The fraction of sp³-hybridized carbons (Fsp3) is 0.263. The van der Waals surface area contributed by atoms with Crippen LogP contribution in [0.2, 0.25) is 0 Å². The zero-order chi connectivity index (χ0) is 17.2. The first-order valence-corrected chi connectivity index (χ1v) is 7.76. The molecule has 0 aromatic heterocycles. The van der Waals surface area contributed by atoms with E-state index in [1.54, 1.807) is 24.3 Å². The van der Waals surface area contributed by atoms with Gasteiger partial charge in [-0.25, -0.2) is 4.79 Å². The van der Waals surface area contributed by atoms with Gasteiger partial charge in [0.05, 0.1) is 18.3 Å². The van der Waals surface area contributed by atoms with Crippen molar-refractivity contribution in [3.05, 3.63) is 70.8 Å². The number of fused-ring (bicyclic) bond motifs is 1. The number of methoxy groups -OCH3 is 1. The number of ether oxygens (including phenoxy) is 1. The topological polar surface area (TPSA) is 75.6 Å². The second-order valence-corrected chi connectivity index (χ2v) is 6.10. The minimum absolute atomic E-state index is 0.180. The monoisotopic (exact) mass is 325 g/mol. The smallest absolute Gasteiger partial charge is 0.337 e. The average Bonchev–Trinajstić information content (AvgIpc) is 2.95. The van der Waals surface area contributed by atoms with Gasteiger partial charge in [-0.15, -0.1) is 0 Å². The summed E-state index contributed by atoms with van der Waals surface area (Å²) in [6.45, 7) is 0.180. The summed E-state index contributed by atoms with van der Waals surface area (Å²) in [4.78, 5) is 23.6. The van der Waals surface area contributed by atoms with Crippen LogP contribution < -0.4 is 5.32 Å². The van der Waals surface area contributed by atoms with Crippen molar-refractivity contribution in [1.82, 2.24) is 5.32 Å². The highest BCUT2D eigenvalue weighted by atomic mass is 16.5. The van der Waals surface area contributed by atoms with E-state index < -0.39 is 11.6 Å². The molecule has 1 amide bonds. The maximum absolute atomic E-state index is 12.2. The summed E-state index contributed by atoms with van der Waals surface area (Å²) in [6.07, 6.45) is 1.06. The van der Waals surface area contributed by atoms with Crippen molar-refractivity contribution in [3.63, 3.8) is 0 Å². The van der Waals surface area contributed by atoms with Gasteiger partial charge in [0.15, 0.2) is 0 Å². The number of rotatable bonds is 4. The van der Waals surface area contributed by atoms with Crippen LogP contribution in [-0.2, 0) is 17.6 Å². The lowest BCUT2D eigenvalue weighted by Crippen LogP contribution is -2.43. The number of esters is 1. The fourth-order valence-corrected chi connectivity index (χ4v) is 3.02. The van der Waals surface area contributed by atoms with E-state index in [1.807, 2.05) is 24.3 Å². The third-order valence-electron chi connectivity index (χ3n) is 4.30. The molecule has 0 saturated heterocycles. The second-order valence-electron chi connectivity index (χ2n) is 6.10. The number of hydrogen-bond acceptors (Lipinski definition) is 4. The van der Waals surface area contributed by atoms with Crippen molar-refractivity contribution >= 4 is 11.9 Å². The largest absolute Gasteiger partial charge is 0.465 e. The zero-order valence-corrected chi connectivity index (χ0v) is 13.4. The van der Waals surface area contributed by atoms with Gasteiger partial charge in [0.25, 0.3) is 5.91 Å². The molecule has 0 heterocycles. The van der Waals surface area contributed by atoms with E-state index in [1.165, 1.54) is 7.11 Å². The van der Waals surface area contributed by atoms with Crippen molar-refractivity contribution in [2.45, 2.75) is 18.4 Å². The molecule has 3 rings (SSSR count). The average molecular weight is 325 g/mol. The molecule has 0 unspecified atom stereocenters. The highest BCUT2D eigenvalue weighted by Gasteiger charge is 2.35. The maximum Gasteiger partial charge on any atom is 0.337 e. The van der Waals surface area contributed by atoms with Crippen LogP contribution in [0.5, 0.6) is 0 Å². The SMILES string of the molecule is COC(=O)c1ccc(C(=O)NCC2(O)Cc3ccccc3C2)cc1. The van der Waals surface area contributed by atoms with E-state index in [2.05, 4.69) is 10.1 Å². The number of benzene rings is 2. The third-order valence-corrected chi connectivity index (χ3v) is 4.30. The predicted molar refractivity (Wildman–Crippen MR) is 88.9 cm³/mol. The van der Waals surface area contributed by atoms with Gasteiger partial charge in [-0.05, 0) is 35.4 Å². The summed E-state index contributed by atoms with van der Waals surface area (Å²) in [5.74, 6) is -0.726. The van der Waals surface area contributed by atoms with Crippen LogP contribution in [0.15, 0.2) is 48.5 Å². The Labute approximate surface area is 140 Å². The number of amides is 1. The van der Waals surface area contributed by atoms with Gasteiger partial charge in [0.2, 0.25) is 0 Å². The van der Waals surface area contributed by atoms with Crippen molar-refractivity contribution in [1.29, 1.82) is 0 Å². The Bertz CT molecular complexity index is 742. The molecule has 5 heteroatoms. The first-order chi connectivity index (χ1) is 11.5. The number of carbonyl (C=O) groups is 2. The summed E-state index contributed by atoms with van der Waals surface area (Å²) in [6, 6.07) is 14.1. The van der Waals surface area contributed by atoms with Crippen molar-refractivity contribution in [3.8, 4) is 0 Å². The zero-order valence-electron chi connectivity index (χ0n) is 13.4. The fourth-order valence-electron chi connectivity index (χ4n) is 3.02. The molecule has 1 aliphatic rings. The van der Waals surface area contributed by atoms with Crippen LogP contribution in [0.4, 0.5) is 0 Å². The van der Waals surface area contributed by atoms with Crippen molar-refractivity contribution in [2.24, 2.45) is 0 Å². The number of nitrogens with one attached hydrogen (secondary N) is 1. The van der Waals surface area contributed by atoms with Gasteiger partial charge >= 0.3 is 5.97 Å². The summed E-state index contributed by atoms with van der Waals surface area (Å²) < 4.78 is 4.62. The molecule has 0 radical (unpaired) electrons. The molecular formula is C19H19NO4. The van der Waals surface area contributed by atoms with Gasteiger partial charge in [0.1, 0.15) is 0 Å². The normalized spacial score (nSPS) is 14.8. The lowest BCUT2D eigenvalue weighted by atomic mass is 10.0. The molecule has 0 spiro atoms. The number of carbonyl (C=O) groups excluding carboxylic acids is 2. The molecule has 2 N–H and O–H groups in total. The van der Waals surface area contributed by atoms with Gasteiger partial charge in [-0.2, -0.15) is 0 Å². The molecule has 2 aromatic carbocycles. The minimum Gasteiger partial charge on any atom is -0.465 e. The molecule has 5 nitrogen and oxygen atoms in total. The summed E-state index contributed by atoms with van der Waals surface area (Å²) >= 11 is 0. The van der Waals surface area contributed by atoms with E-state index >= 15 is 0 Å². The number of aliphatic hydroxyl groups is 1. The quantitative estimate of drug-likeness (QED) is 0.840. The lowest BCUT2D eigenvalue weighted by molar-refractivity contribution is 0.0480. The Morgan fingerprint density at radius 3 is 2.12 bits per heavy atom. The van der Waals surface area contributed by atoms with E-state index in [0.29, 0.717) is 24.0 Å². The van der Waals surface area contributed by atoms with Crippen LogP contribution in [0.25, 0.3) is 0 Å². The van der Waals surface area contributed by atoms with E-state index in [0.717, 1.165) is 11.1 Å². The van der Waals surface area contributed by atoms with Gasteiger partial charge < -0.3 is 15.2 Å². The third kappa shape index (κ3) is 3.31. The van der Waals surface area contributed by atoms with Crippen LogP contribution in [0, 0.1) is 0 Å². The Morgan fingerprint density at radius 1 is 1.04 bits per heavy atom. The van der Waals surface area contributed by atoms with Crippen LogP contribution >= 0.6 is 0 Å². The van der Waals surface area contributed by atoms with Gasteiger partial charge in [-0.1, -0.05) is 24.3 Å². The molecule has 0 bridgehead atoms. The van der Waals surface area contributed by atoms with Crippen LogP contribution in [0.1, 0.15) is 31.8 Å². The Hall–Kier alpha value is -2.66. The van der Waals surface area contributed by atoms with Gasteiger partial charge in [-0.3, -0.25) is 4.79 Å². The van der Waals surface area contributed by atoms with E-state index in [4.69, 9.17) is 0 Å². The first kappa shape index (κ1) is 16.2. The molecule has 0 atom stereocenters. The van der Waals surface area contributed by atoms with Crippen LogP contribution in [0.3, 0.4) is 0 Å². The molecule has 0 fully saturated rings. The van der Waals surface area contributed by atoms with Crippen molar-refractivity contribution in [2.75, 3.05) is 13.7 Å². The standard InChI is InChI=1S/C19H19NO4/c1-24-18(22)14-8-6-13(7-9-14)17(21)20-12-19(23)10-15-4-2-3-5-16(15)11-19/h2-9,23H,10-12H2,1H3,(H,20,21). The number of hydrogen-bond donors (Lipinski definition) is 2. The second kappa shape index (κ2) is 6.45. The minimum atomic E-state index is -0.953. The molecule has 0 saturated carbocycles. The molecule has 2 aromatic rings. The summed E-state index contributed by atoms with van der Waals surface area (Å²) in [5, 5.41) is 13.5. The van der Waals surface area contributed by atoms with E-state index in [9.17, 15) is 14.7 Å². The van der Waals surface area contributed by atoms with Gasteiger partial charge in [0, 0.05) is 24.9 Å². The highest BCUT2D eigenvalue weighted by molar-refractivity contribution is 5.96. The molecule has 24 heavy (non-hydrogen) atoms. The molecule has 0 aliphatic heterocycles. The Balaban J connectivity index is 1.61. The molecule has 1 aliphatic carbocycles. The van der Waals surface area contributed by atoms with E-state index in [-0.39, 0.29) is 12.5 Å². The molecular weight excluding hydrogens is 306 g/mol. The molecule has 124 valence electrons. The summed E-state index contributed by atoms with van der Waals surface area (Å²) in [7, 11) is 1.31.